The Kier molecular flexibility index (Phi) is 6.11. The average Bonchev–Trinajstić information content (AvgIpc) is 3.21. The summed E-state index contributed by atoms with van der Waals surface area (Å²) in [6.45, 7) is 1.49. The zero-order chi connectivity index (χ0) is 23.3. The number of amides is 2. The molecule has 1 aliphatic rings. The third kappa shape index (κ3) is 4.71. The van der Waals surface area contributed by atoms with E-state index in [1.54, 1.807) is 30.3 Å². The van der Waals surface area contributed by atoms with Crippen LogP contribution in [0, 0.1) is 0 Å². The number of aromatic nitrogens is 2. The van der Waals surface area contributed by atoms with Crippen molar-refractivity contribution in [1.29, 1.82) is 0 Å². The number of carbonyl (C=O) groups is 2. The number of nitrogens with one attached hydrogen (secondary N) is 2. The van der Waals surface area contributed by atoms with Crippen molar-refractivity contribution in [3.8, 4) is 11.5 Å². The minimum atomic E-state index is -0.186. The number of hydrogen-bond acceptors (Lipinski definition) is 5. The third-order valence-electron chi connectivity index (χ3n) is 5.53. The van der Waals surface area contributed by atoms with Crippen LogP contribution in [-0.4, -0.2) is 41.1 Å². The molecule has 0 atom stereocenters. The number of hydrogen-bond donors (Lipinski definition) is 2. The lowest BCUT2D eigenvalue weighted by molar-refractivity contribution is -0.116. The number of rotatable bonds is 7. The summed E-state index contributed by atoms with van der Waals surface area (Å²) in [7, 11) is 0. The average molecular weight is 457 g/mol. The Labute approximate surface area is 196 Å². The van der Waals surface area contributed by atoms with Crippen molar-refractivity contribution in [2.24, 2.45) is 0 Å². The molecule has 0 aliphatic carbocycles. The topological polar surface area (TPSA) is 94.5 Å². The van der Waals surface area contributed by atoms with Crippen LogP contribution in [0.5, 0.6) is 11.5 Å². The van der Waals surface area contributed by atoms with E-state index in [9.17, 15) is 9.59 Å². The third-order valence-corrected chi connectivity index (χ3v) is 5.53. The van der Waals surface area contributed by atoms with Crippen LogP contribution in [0.1, 0.15) is 16.2 Å². The number of para-hydroxylation sites is 2. The van der Waals surface area contributed by atoms with Crippen molar-refractivity contribution in [2.75, 3.05) is 25.1 Å². The van der Waals surface area contributed by atoms with E-state index in [1.807, 2.05) is 47.0 Å². The summed E-state index contributed by atoms with van der Waals surface area (Å²) in [5.41, 5.74) is 2.91. The van der Waals surface area contributed by atoms with Gasteiger partial charge in [0.25, 0.3) is 5.91 Å². The minimum Gasteiger partial charge on any atom is -0.486 e. The van der Waals surface area contributed by atoms with Crippen molar-refractivity contribution in [2.45, 2.75) is 13.0 Å². The molecule has 0 spiro atoms. The predicted molar refractivity (Wildman–Crippen MR) is 128 cm³/mol. The van der Waals surface area contributed by atoms with E-state index in [-0.39, 0.29) is 18.4 Å². The van der Waals surface area contributed by atoms with Gasteiger partial charge in [-0.1, -0.05) is 30.3 Å². The molecule has 8 nitrogen and oxygen atoms in total. The summed E-state index contributed by atoms with van der Waals surface area (Å²) in [5, 5.41) is 5.85. The van der Waals surface area contributed by atoms with Crippen LogP contribution in [0.3, 0.4) is 0 Å². The molecule has 0 saturated carbocycles. The van der Waals surface area contributed by atoms with Crippen molar-refractivity contribution in [3.63, 3.8) is 0 Å². The maximum atomic E-state index is 12.9. The first-order valence-corrected chi connectivity index (χ1v) is 11.1. The second kappa shape index (κ2) is 9.66. The molecule has 4 aromatic rings. The molecule has 2 amide bonds. The highest BCUT2D eigenvalue weighted by Gasteiger charge is 2.16. The molecule has 34 heavy (non-hydrogen) atoms. The molecule has 2 N–H and O–H groups in total. The Hall–Kier alpha value is -4.33. The smallest absolute Gasteiger partial charge is 0.251 e. The molecule has 0 radical (unpaired) electrons. The summed E-state index contributed by atoms with van der Waals surface area (Å²) in [6, 6.07) is 22.1. The van der Waals surface area contributed by atoms with Gasteiger partial charge in [-0.2, -0.15) is 0 Å². The quantitative estimate of drug-likeness (QED) is 0.444. The van der Waals surface area contributed by atoms with Gasteiger partial charge in [0, 0.05) is 30.3 Å². The molecule has 1 aliphatic heterocycles. The molecule has 0 bridgehead atoms. The highest BCUT2D eigenvalue weighted by molar-refractivity contribution is 5.94. The van der Waals surface area contributed by atoms with Crippen LogP contribution in [0.4, 0.5) is 5.69 Å². The van der Waals surface area contributed by atoms with Gasteiger partial charge in [-0.05, 0) is 36.4 Å². The van der Waals surface area contributed by atoms with Gasteiger partial charge in [0.1, 0.15) is 25.6 Å². The molecule has 3 aromatic carbocycles. The number of ether oxygens (including phenoxy) is 2. The zero-order valence-corrected chi connectivity index (χ0v) is 18.5. The molecule has 8 heteroatoms. The number of nitrogens with zero attached hydrogens (tertiary/aromatic N) is 2. The van der Waals surface area contributed by atoms with E-state index in [4.69, 9.17) is 14.5 Å². The van der Waals surface area contributed by atoms with E-state index in [2.05, 4.69) is 10.6 Å². The second-order valence-corrected chi connectivity index (χ2v) is 7.88. The molecule has 0 fully saturated rings. The lowest BCUT2D eigenvalue weighted by atomic mass is 10.2. The highest BCUT2D eigenvalue weighted by atomic mass is 16.6. The van der Waals surface area contributed by atoms with Crippen LogP contribution in [-0.2, 0) is 17.8 Å². The largest absolute Gasteiger partial charge is 0.486 e. The van der Waals surface area contributed by atoms with E-state index in [0.717, 1.165) is 16.9 Å². The zero-order valence-electron chi connectivity index (χ0n) is 18.5. The lowest BCUT2D eigenvalue weighted by Crippen LogP contribution is -2.27. The molecule has 2 heterocycles. The van der Waals surface area contributed by atoms with Gasteiger partial charge in [-0.15, -0.1) is 0 Å². The van der Waals surface area contributed by atoms with Crippen molar-refractivity contribution in [3.05, 3.63) is 84.2 Å². The van der Waals surface area contributed by atoms with Crippen molar-refractivity contribution in [1.82, 2.24) is 14.9 Å². The van der Waals surface area contributed by atoms with Gasteiger partial charge in [-0.25, -0.2) is 4.98 Å². The van der Waals surface area contributed by atoms with Crippen molar-refractivity contribution >= 4 is 28.5 Å². The molecule has 1 aromatic heterocycles. The number of benzene rings is 3. The molecular formula is C26H24N4O4. The van der Waals surface area contributed by atoms with Crippen LogP contribution < -0.4 is 20.1 Å². The Morgan fingerprint density at radius 3 is 2.53 bits per heavy atom. The van der Waals surface area contributed by atoms with Gasteiger partial charge in [0.05, 0.1) is 11.0 Å². The first-order valence-electron chi connectivity index (χ1n) is 11.1. The maximum absolute atomic E-state index is 12.9. The SMILES string of the molecule is O=C(Cn1c(CCNC(=O)c2ccccc2)nc2ccccc21)Nc1ccc2c(c1)OCCO2. The Morgan fingerprint density at radius 1 is 0.912 bits per heavy atom. The molecule has 5 rings (SSSR count). The molecule has 0 unspecified atom stereocenters. The number of imidazole rings is 1. The maximum Gasteiger partial charge on any atom is 0.251 e. The van der Waals surface area contributed by atoms with Crippen LogP contribution >= 0.6 is 0 Å². The minimum absolute atomic E-state index is 0.0942. The van der Waals surface area contributed by atoms with Gasteiger partial charge < -0.3 is 24.7 Å². The Balaban J connectivity index is 1.29. The van der Waals surface area contributed by atoms with Gasteiger partial charge in [-0.3, -0.25) is 9.59 Å². The first-order chi connectivity index (χ1) is 16.7. The van der Waals surface area contributed by atoms with E-state index < -0.39 is 0 Å². The number of fused-ring (bicyclic) bond motifs is 2. The Bertz CT molecular complexity index is 1330. The standard InChI is InChI=1S/C26H24N4O4/c31-25(28-19-10-11-22-23(16-19)34-15-14-33-22)17-30-21-9-5-4-8-20(21)29-24(30)12-13-27-26(32)18-6-2-1-3-7-18/h1-11,16H,12-15,17H2,(H,27,32)(H,28,31). The number of carbonyl (C=O) groups excluding carboxylic acids is 2. The van der Waals surface area contributed by atoms with Crippen LogP contribution in [0.2, 0.25) is 0 Å². The fraction of sp³-hybridized carbons (Fsp3) is 0.192. The fourth-order valence-corrected chi connectivity index (χ4v) is 3.94. The second-order valence-electron chi connectivity index (χ2n) is 7.88. The lowest BCUT2D eigenvalue weighted by Gasteiger charge is -2.19. The van der Waals surface area contributed by atoms with E-state index >= 15 is 0 Å². The summed E-state index contributed by atoms with van der Waals surface area (Å²) < 4.78 is 13.0. The molecule has 0 saturated heterocycles. The summed E-state index contributed by atoms with van der Waals surface area (Å²) >= 11 is 0. The van der Waals surface area contributed by atoms with Crippen LogP contribution in [0.15, 0.2) is 72.8 Å². The normalized spacial score (nSPS) is 12.4. The summed E-state index contributed by atoms with van der Waals surface area (Å²) in [5.74, 6) is 1.69. The molecular weight excluding hydrogens is 432 g/mol. The first kappa shape index (κ1) is 21.5. The van der Waals surface area contributed by atoms with E-state index in [1.165, 1.54) is 0 Å². The van der Waals surface area contributed by atoms with Gasteiger partial charge in [0.2, 0.25) is 5.91 Å². The van der Waals surface area contributed by atoms with Crippen molar-refractivity contribution < 1.29 is 19.1 Å². The van der Waals surface area contributed by atoms with Crippen LogP contribution in [0.25, 0.3) is 11.0 Å². The predicted octanol–water partition coefficient (Wildman–Crippen LogP) is 3.42. The fourth-order valence-electron chi connectivity index (χ4n) is 3.94. The number of anilines is 1. The highest BCUT2D eigenvalue weighted by Crippen LogP contribution is 2.32. The van der Waals surface area contributed by atoms with Gasteiger partial charge >= 0.3 is 0 Å². The summed E-state index contributed by atoms with van der Waals surface area (Å²) in [6.07, 6.45) is 0.491. The van der Waals surface area contributed by atoms with Gasteiger partial charge in [0.15, 0.2) is 11.5 Å². The monoisotopic (exact) mass is 456 g/mol. The summed E-state index contributed by atoms with van der Waals surface area (Å²) in [4.78, 5) is 30.0. The Morgan fingerprint density at radius 2 is 1.68 bits per heavy atom. The molecule has 172 valence electrons. The van der Waals surface area contributed by atoms with E-state index in [0.29, 0.717) is 48.9 Å².